The molecule has 0 radical (unpaired) electrons. The van der Waals surface area contributed by atoms with Crippen molar-refractivity contribution in [1.82, 2.24) is 4.98 Å². The molecular weight excluding hydrogens is 415 g/mol. The molecule has 2 aliphatic rings. The number of nitrogens with zero attached hydrogens (tertiary/aromatic N) is 3. The number of rotatable bonds is 0. The number of benzene rings is 2. The van der Waals surface area contributed by atoms with Gasteiger partial charge in [0.25, 0.3) is 0 Å². The van der Waals surface area contributed by atoms with Crippen LogP contribution in [-0.4, -0.2) is 10.1 Å². The standard InChI is InChI=1S/C25H10F3N3O/c26-17-11-16-12(6-8-29)19(14(7-9-30)21(16)24(28)23(17)27)20-13-3-1-5-18(32)22(13)25-15(20)4-2-10-31-25/h1-7,10-11,32H/b12-6+,14-7?,20-19-. The minimum Gasteiger partial charge on any atom is -0.507 e. The second-order valence-electron chi connectivity index (χ2n) is 7.13. The number of aromatic nitrogens is 1. The zero-order valence-corrected chi connectivity index (χ0v) is 16.1. The highest BCUT2D eigenvalue weighted by Crippen LogP contribution is 2.56. The molecule has 5 rings (SSSR count). The zero-order valence-electron chi connectivity index (χ0n) is 16.1. The fraction of sp³-hybridized carbons (Fsp3) is 0. The molecule has 2 aromatic carbocycles. The van der Waals surface area contributed by atoms with Crippen molar-refractivity contribution in [2.75, 3.05) is 0 Å². The molecule has 1 aromatic heterocycles. The molecule has 2 aliphatic carbocycles. The number of hydrogen-bond donors (Lipinski definition) is 1. The van der Waals surface area contributed by atoms with Crippen molar-refractivity contribution < 1.29 is 18.3 Å². The Morgan fingerprint density at radius 2 is 1.53 bits per heavy atom. The maximum absolute atomic E-state index is 14.9. The van der Waals surface area contributed by atoms with E-state index in [-0.39, 0.29) is 33.6 Å². The summed E-state index contributed by atoms with van der Waals surface area (Å²) in [5.74, 6) is -4.55. The zero-order chi connectivity index (χ0) is 22.6. The van der Waals surface area contributed by atoms with Crippen LogP contribution in [0.25, 0.3) is 28.0 Å². The SMILES string of the molecule is N#CC=C1C(=C2\c3cccnc3-c3c(O)cccc32)/C(=C/C#N)c2cc(F)c(F)c(F)c21. The van der Waals surface area contributed by atoms with Crippen molar-refractivity contribution in [2.24, 2.45) is 0 Å². The average molecular weight is 425 g/mol. The number of aromatic hydroxyl groups is 1. The Kier molecular flexibility index (Phi) is 4.21. The largest absolute Gasteiger partial charge is 0.507 e. The Labute approximate surface area is 180 Å². The minimum atomic E-state index is -1.67. The lowest BCUT2D eigenvalue weighted by molar-refractivity contribution is 0.445. The first-order valence-corrected chi connectivity index (χ1v) is 9.40. The van der Waals surface area contributed by atoms with Gasteiger partial charge < -0.3 is 5.11 Å². The molecule has 0 fully saturated rings. The molecule has 0 aliphatic heterocycles. The van der Waals surface area contributed by atoms with Crippen LogP contribution in [0.15, 0.2) is 60.3 Å². The van der Waals surface area contributed by atoms with E-state index < -0.39 is 17.5 Å². The van der Waals surface area contributed by atoms with Gasteiger partial charge in [0, 0.05) is 51.8 Å². The third kappa shape index (κ3) is 2.46. The Bertz CT molecular complexity index is 1540. The third-order valence-electron chi connectivity index (χ3n) is 5.55. The number of nitriles is 2. The molecule has 1 heterocycles. The monoisotopic (exact) mass is 425 g/mol. The first-order chi connectivity index (χ1) is 15.5. The highest BCUT2D eigenvalue weighted by Gasteiger charge is 2.38. The van der Waals surface area contributed by atoms with Crippen molar-refractivity contribution in [3.8, 4) is 29.1 Å². The summed E-state index contributed by atoms with van der Waals surface area (Å²) in [7, 11) is 0. The molecular formula is C25H10F3N3O. The molecule has 4 nitrogen and oxygen atoms in total. The summed E-state index contributed by atoms with van der Waals surface area (Å²) < 4.78 is 43.2. The van der Waals surface area contributed by atoms with Gasteiger partial charge >= 0.3 is 0 Å². The van der Waals surface area contributed by atoms with E-state index in [0.717, 1.165) is 18.2 Å². The first kappa shape index (κ1) is 19.3. The Hall–Kier alpha value is -4.62. The van der Waals surface area contributed by atoms with Crippen LogP contribution in [-0.2, 0) is 0 Å². The summed E-state index contributed by atoms with van der Waals surface area (Å²) in [6.07, 6.45) is 3.69. The first-order valence-electron chi connectivity index (χ1n) is 9.40. The molecule has 0 spiro atoms. The van der Waals surface area contributed by atoms with Gasteiger partial charge in [-0.25, -0.2) is 13.2 Å². The molecule has 0 atom stereocenters. The topological polar surface area (TPSA) is 80.7 Å². The smallest absolute Gasteiger partial charge is 0.195 e. The van der Waals surface area contributed by atoms with E-state index in [1.54, 1.807) is 30.5 Å². The minimum absolute atomic E-state index is 0.0152. The number of allylic oxidation sites excluding steroid dienone is 5. The molecule has 0 amide bonds. The van der Waals surface area contributed by atoms with Crippen LogP contribution in [0.2, 0.25) is 0 Å². The van der Waals surface area contributed by atoms with Gasteiger partial charge in [0.05, 0.1) is 23.4 Å². The van der Waals surface area contributed by atoms with E-state index >= 15 is 0 Å². The Balaban J connectivity index is 2.00. The van der Waals surface area contributed by atoms with E-state index in [4.69, 9.17) is 0 Å². The van der Waals surface area contributed by atoms with E-state index in [9.17, 15) is 28.8 Å². The Morgan fingerprint density at radius 3 is 2.28 bits per heavy atom. The predicted molar refractivity (Wildman–Crippen MR) is 111 cm³/mol. The van der Waals surface area contributed by atoms with Gasteiger partial charge in [-0.1, -0.05) is 18.2 Å². The Morgan fingerprint density at radius 1 is 0.812 bits per heavy atom. The molecule has 32 heavy (non-hydrogen) atoms. The summed E-state index contributed by atoms with van der Waals surface area (Å²) in [4.78, 5) is 4.36. The number of fused-ring (bicyclic) bond motifs is 4. The lowest BCUT2D eigenvalue weighted by Gasteiger charge is -2.11. The lowest BCUT2D eigenvalue weighted by atomic mass is 9.91. The maximum atomic E-state index is 14.9. The summed E-state index contributed by atoms with van der Waals surface area (Å²) >= 11 is 0. The van der Waals surface area contributed by atoms with E-state index in [1.165, 1.54) is 6.07 Å². The highest BCUT2D eigenvalue weighted by molar-refractivity contribution is 6.19. The molecule has 0 saturated carbocycles. The van der Waals surface area contributed by atoms with Crippen LogP contribution in [0, 0.1) is 40.1 Å². The number of halogens is 3. The number of phenols is 1. The van der Waals surface area contributed by atoms with Crippen molar-refractivity contribution in [2.45, 2.75) is 0 Å². The second kappa shape index (κ2) is 6.97. The number of hydrogen-bond acceptors (Lipinski definition) is 4. The summed E-state index contributed by atoms with van der Waals surface area (Å²) in [5, 5.41) is 29.3. The fourth-order valence-corrected chi connectivity index (χ4v) is 4.39. The van der Waals surface area contributed by atoms with Gasteiger partial charge in [0.15, 0.2) is 17.5 Å². The van der Waals surface area contributed by atoms with Gasteiger partial charge in [0.2, 0.25) is 0 Å². The number of pyridine rings is 1. The summed E-state index contributed by atoms with van der Waals surface area (Å²) in [6, 6.07) is 12.8. The van der Waals surface area contributed by atoms with Crippen molar-refractivity contribution in [3.05, 3.63) is 100 Å². The van der Waals surface area contributed by atoms with E-state index in [2.05, 4.69) is 4.98 Å². The van der Waals surface area contributed by atoms with E-state index in [0.29, 0.717) is 28.0 Å². The van der Waals surface area contributed by atoms with Crippen LogP contribution in [0.4, 0.5) is 13.2 Å². The fourth-order valence-electron chi connectivity index (χ4n) is 4.39. The lowest BCUT2D eigenvalue weighted by Crippen LogP contribution is -1.97. The second-order valence-corrected chi connectivity index (χ2v) is 7.13. The average Bonchev–Trinajstić information content (AvgIpc) is 3.26. The van der Waals surface area contributed by atoms with Crippen LogP contribution < -0.4 is 0 Å². The molecule has 152 valence electrons. The van der Waals surface area contributed by atoms with Crippen LogP contribution in [0.3, 0.4) is 0 Å². The van der Waals surface area contributed by atoms with Gasteiger partial charge in [-0.3, -0.25) is 4.98 Å². The predicted octanol–water partition coefficient (Wildman–Crippen LogP) is 5.51. The number of phenolic OH excluding ortho intramolecular Hbond substituents is 1. The van der Waals surface area contributed by atoms with Crippen molar-refractivity contribution in [1.29, 1.82) is 10.5 Å². The van der Waals surface area contributed by atoms with Gasteiger partial charge in [-0.05, 0) is 29.3 Å². The van der Waals surface area contributed by atoms with Crippen LogP contribution in [0.5, 0.6) is 5.75 Å². The quantitative estimate of drug-likeness (QED) is 0.297. The van der Waals surface area contributed by atoms with E-state index in [1.807, 2.05) is 12.1 Å². The summed E-state index contributed by atoms with van der Waals surface area (Å²) in [6.45, 7) is 0. The third-order valence-corrected chi connectivity index (χ3v) is 5.55. The van der Waals surface area contributed by atoms with Gasteiger partial charge in [0.1, 0.15) is 5.75 Å². The molecule has 1 N–H and O–H groups in total. The van der Waals surface area contributed by atoms with Crippen LogP contribution >= 0.6 is 0 Å². The maximum Gasteiger partial charge on any atom is 0.195 e. The highest BCUT2D eigenvalue weighted by atomic mass is 19.2. The van der Waals surface area contributed by atoms with Crippen LogP contribution in [0.1, 0.15) is 22.3 Å². The van der Waals surface area contributed by atoms with Gasteiger partial charge in [-0.2, -0.15) is 10.5 Å². The molecule has 0 bridgehead atoms. The molecule has 3 aromatic rings. The molecule has 0 unspecified atom stereocenters. The van der Waals surface area contributed by atoms with Gasteiger partial charge in [-0.15, -0.1) is 0 Å². The van der Waals surface area contributed by atoms with Crippen molar-refractivity contribution >= 4 is 16.7 Å². The molecule has 7 heteroatoms. The molecule has 0 saturated heterocycles. The van der Waals surface area contributed by atoms with Crippen molar-refractivity contribution in [3.63, 3.8) is 0 Å². The summed E-state index contributed by atoms with van der Waals surface area (Å²) in [5.41, 5.74) is 2.56. The normalized spacial score (nSPS) is 18.3.